The van der Waals surface area contributed by atoms with Gasteiger partial charge in [-0.25, -0.2) is 15.0 Å². The molecule has 0 bridgehead atoms. The largest absolute Gasteiger partial charge is 0.245 e. The van der Waals surface area contributed by atoms with Gasteiger partial charge in [-0.2, -0.15) is 5.26 Å². The Morgan fingerprint density at radius 2 is 2.07 bits per heavy atom. The van der Waals surface area contributed by atoms with Crippen molar-refractivity contribution < 1.29 is 0 Å². The lowest BCUT2D eigenvalue weighted by Crippen LogP contribution is -1.88. The van der Waals surface area contributed by atoms with Crippen LogP contribution in [0.2, 0.25) is 5.28 Å². The molecule has 0 saturated carbocycles. The molecule has 0 amide bonds. The highest BCUT2D eigenvalue weighted by molar-refractivity contribution is 6.28. The second-order valence-corrected chi connectivity index (χ2v) is 3.09. The fourth-order valence-electron chi connectivity index (χ4n) is 1.11. The van der Waals surface area contributed by atoms with Gasteiger partial charge in [-0.15, -0.1) is 0 Å². The van der Waals surface area contributed by atoms with E-state index in [4.69, 9.17) is 16.9 Å². The van der Waals surface area contributed by atoms with E-state index in [1.807, 2.05) is 6.07 Å². The molecule has 2 rings (SSSR count). The van der Waals surface area contributed by atoms with Crippen LogP contribution in [0.5, 0.6) is 0 Å². The zero-order valence-corrected chi connectivity index (χ0v) is 8.31. The van der Waals surface area contributed by atoms with Crippen molar-refractivity contribution in [3.63, 3.8) is 0 Å². The topological polar surface area (TPSA) is 62.5 Å². The first kappa shape index (κ1) is 9.56. The van der Waals surface area contributed by atoms with Gasteiger partial charge >= 0.3 is 0 Å². The summed E-state index contributed by atoms with van der Waals surface area (Å²) in [5, 5.41) is 8.78. The Labute approximate surface area is 91.2 Å². The number of aromatic nitrogens is 3. The molecule has 0 aliphatic carbocycles. The third kappa shape index (κ3) is 2.09. The fourth-order valence-corrected chi connectivity index (χ4v) is 1.25. The normalized spacial score (nSPS) is 9.60. The van der Waals surface area contributed by atoms with E-state index in [9.17, 15) is 0 Å². The van der Waals surface area contributed by atoms with E-state index in [2.05, 4.69) is 15.0 Å². The molecule has 72 valence electrons. The van der Waals surface area contributed by atoms with Crippen LogP contribution in [0.1, 0.15) is 5.69 Å². The highest BCUT2D eigenvalue weighted by Crippen LogP contribution is 2.16. The monoisotopic (exact) mass is 216 g/mol. The summed E-state index contributed by atoms with van der Waals surface area (Å²) >= 11 is 5.66. The zero-order valence-electron chi connectivity index (χ0n) is 7.55. The fraction of sp³-hybridized carbons (Fsp3) is 0. The molecule has 15 heavy (non-hydrogen) atoms. The number of halogens is 1. The van der Waals surface area contributed by atoms with Crippen molar-refractivity contribution >= 4 is 11.6 Å². The van der Waals surface area contributed by atoms with Gasteiger partial charge in [0, 0.05) is 18.0 Å². The van der Waals surface area contributed by atoms with Gasteiger partial charge in [-0.1, -0.05) is 0 Å². The van der Waals surface area contributed by atoms with Crippen molar-refractivity contribution in [1.29, 1.82) is 5.26 Å². The molecule has 0 aliphatic rings. The van der Waals surface area contributed by atoms with Crippen LogP contribution in [0.15, 0.2) is 30.6 Å². The smallest absolute Gasteiger partial charge is 0.222 e. The Hall–Kier alpha value is -1.99. The van der Waals surface area contributed by atoms with E-state index < -0.39 is 0 Å². The van der Waals surface area contributed by atoms with Crippen molar-refractivity contribution in [2.45, 2.75) is 0 Å². The first-order valence-corrected chi connectivity index (χ1v) is 4.52. The second-order valence-electron chi connectivity index (χ2n) is 2.75. The Morgan fingerprint density at radius 3 is 2.67 bits per heavy atom. The molecule has 2 aromatic heterocycles. The van der Waals surface area contributed by atoms with E-state index in [1.54, 1.807) is 30.6 Å². The lowest BCUT2D eigenvalue weighted by atomic mass is 10.2. The highest BCUT2D eigenvalue weighted by Gasteiger charge is 2.01. The number of pyridine rings is 1. The summed E-state index contributed by atoms with van der Waals surface area (Å²) in [4.78, 5) is 11.7. The van der Waals surface area contributed by atoms with Crippen LogP contribution in [0.25, 0.3) is 11.3 Å². The van der Waals surface area contributed by atoms with Gasteiger partial charge in [0.05, 0.1) is 5.69 Å². The molecule has 0 N–H and O–H groups in total. The maximum absolute atomic E-state index is 8.58. The van der Waals surface area contributed by atoms with Crippen LogP contribution in [-0.4, -0.2) is 15.0 Å². The summed E-state index contributed by atoms with van der Waals surface area (Å²) in [5.74, 6) is 0. The Kier molecular flexibility index (Phi) is 2.57. The summed E-state index contributed by atoms with van der Waals surface area (Å²) in [7, 11) is 0. The molecule has 0 unspecified atom stereocenters. The second kappa shape index (κ2) is 4.03. The van der Waals surface area contributed by atoms with Crippen molar-refractivity contribution in [2.24, 2.45) is 0 Å². The quantitative estimate of drug-likeness (QED) is 0.685. The molecule has 0 aliphatic heterocycles. The van der Waals surface area contributed by atoms with Gasteiger partial charge in [-0.05, 0) is 29.8 Å². The molecule has 0 atom stereocenters. The van der Waals surface area contributed by atoms with Gasteiger partial charge in [0.2, 0.25) is 5.28 Å². The maximum Gasteiger partial charge on any atom is 0.222 e. The first-order valence-electron chi connectivity index (χ1n) is 4.14. The maximum atomic E-state index is 8.58. The van der Waals surface area contributed by atoms with Crippen molar-refractivity contribution in [3.8, 4) is 17.3 Å². The lowest BCUT2D eigenvalue weighted by Gasteiger charge is -1.99. The molecule has 0 aromatic carbocycles. The van der Waals surface area contributed by atoms with Crippen molar-refractivity contribution in [1.82, 2.24) is 15.0 Å². The minimum atomic E-state index is 0.192. The first-order chi connectivity index (χ1) is 7.29. The zero-order chi connectivity index (χ0) is 10.7. The third-order valence-corrected chi connectivity index (χ3v) is 1.98. The Morgan fingerprint density at radius 1 is 1.20 bits per heavy atom. The van der Waals surface area contributed by atoms with E-state index in [0.29, 0.717) is 11.4 Å². The van der Waals surface area contributed by atoms with Crippen LogP contribution < -0.4 is 0 Å². The number of rotatable bonds is 1. The molecule has 5 heteroatoms. The van der Waals surface area contributed by atoms with Gasteiger partial charge in [-0.3, -0.25) is 0 Å². The van der Waals surface area contributed by atoms with Gasteiger partial charge in [0.15, 0.2) is 0 Å². The minimum Gasteiger partial charge on any atom is -0.245 e. The molecule has 2 heterocycles. The SMILES string of the molecule is N#Cc1ccc(-c2ccnc(Cl)n2)cn1. The number of hydrogen-bond donors (Lipinski definition) is 0. The van der Waals surface area contributed by atoms with E-state index in [-0.39, 0.29) is 5.28 Å². The average Bonchev–Trinajstić information content (AvgIpc) is 2.29. The Bertz CT molecular complexity index is 516. The summed E-state index contributed by atoms with van der Waals surface area (Å²) in [6, 6.07) is 7.08. The predicted molar refractivity (Wildman–Crippen MR) is 55.0 cm³/mol. The third-order valence-electron chi connectivity index (χ3n) is 1.80. The van der Waals surface area contributed by atoms with Crippen LogP contribution in [-0.2, 0) is 0 Å². The van der Waals surface area contributed by atoms with Crippen molar-refractivity contribution in [2.75, 3.05) is 0 Å². The van der Waals surface area contributed by atoms with Gasteiger partial charge in [0.1, 0.15) is 11.8 Å². The van der Waals surface area contributed by atoms with E-state index in [1.165, 1.54) is 0 Å². The van der Waals surface area contributed by atoms with Crippen LogP contribution in [0, 0.1) is 11.3 Å². The van der Waals surface area contributed by atoms with Crippen LogP contribution >= 0.6 is 11.6 Å². The lowest BCUT2D eigenvalue weighted by molar-refractivity contribution is 1.16. The van der Waals surface area contributed by atoms with Crippen LogP contribution in [0.3, 0.4) is 0 Å². The molecule has 0 spiro atoms. The number of nitrogens with zero attached hydrogens (tertiary/aromatic N) is 4. The predicted octanol–water partition coefficient (Wildman–Crippen LogP) is 2.06. The summed E-state index contributed by atoms with van der Waals surface area (Å²) in [6.45, 7) is 0. The Balaban J connectivity index is 2.42. The van der Waals surface area contributed by atoms with E-state index >= 15 is 0 Å². The highest BCUT2D eigenvalue weighted by atomic mass is 35.5. The molecule has 4 nitrogen and oxygen atoms in total. The summed E-state index contributed by atoms with van der Waals surface area (Å²) in [6.07, 6.45) is 3.15. The molecular formula is C10H5ClN4. The number of nitriles is 1. The standard InChI is InChI=1S/C10H5ClN4/c11-10-13-4-3-9(15-10)7-1-2-8(5-12)14-6-7/h1-4,6H. The van der Waals surface area contributed by atoms with Gasteiger partial charge < -0.3 is 0 Å². The molecular weight excluding hydrogens is 212 g/mol. The molecule has 0 radical (unpaired) electrons. The minimum absolute atomic E-state index is 0.192. The summed E-state index contributed by atoms with van der Waals surface area (Å²) < 4.78 is 0. The molecule has 2 aromatic rings. The van der Waals surface area contributed by atoms with E-state index in [0.717, 1.165) is 5.56 Å². The average molecular weight is 217 g/mol. The van der Waals surface area contributed by atoms with Gasteiger partial charge in [0.25, 0.3) is 0 Å². The molecule has 0 fully saturated rings. The molecule has 0 saturated heterocycles. The van der Waals surface area contributed by atoms with Crippen molar-refractivity contribution in [3.05, 3.63) is 41.6 Å². The summed E-state index contributed by atoms with van der Waals surface area (Å²) in [5.41, 5.74) is 1.86. The van der Waals surface area contributed by atoms with Crippen LogP contribution in [0.4, 0.5) is 0 Å². The number of hydrogen-bond acceptors (Lipinski definition) is 4.